The Morgan fingerprint density at radius 1 is 0.979 bits per heavy atom. The fraction of sp³-hybridized carbons (Fsp3) is 0.229. The third-order valence-corrected chi connectivity index (χ3v) is 7.94. The van der Waals surface area contributed by atoms with E-state index < -0.39 is 17.6 Å². The van der Waals surface area contributed by atoms with Crippen LogP contribution in [0.2, 0.25) is 0 Å². The molecule has 4 heterocycles. The maximum Gasteiger partial charge on any atom is 0.335 e. The van der Waals surface area contributed by atoms with Crippen molar-refractivity contribution in [2.45, 2.75) is 32.6 Å². The first-order valence-corrected chi connectivity index (χ1v) is 15.0. The van der Waals surface area contributed by atoms with Gasteiger partial charge in [-0.1, -0.05) is 6.07 Å². The molecule has 13 heteroatoms. The molecule has 0 saturated heterocycles. The molecule has 48 heavy (non-hydrogen) atoms. The van der Waals surface area contributed by atoms with E-state index in [2.05, 4.69) is 20.1 Å². The summed E-state index contributed by atoms with van der Waals surface area (Å²) in [7, 11) is 4.93. The summed E-state index contributed by atoms with van der Waals surface area (Å²) >= 11 is 0. The summed E-state index contributed by atoms with van der Waals surface area (Å²) in [4.78, 5) is 25.1. The van der Waals surface area contributed by atoms with Gasteiger partial charge in [0.1, 0.15) is 29.8 Å². The Balaban J connectivity index is 1.23. The van der Waals surface area contributed by atoms with Gasteiger partial charge in [0.15, 0.2) is 0 Å². The lowest BCUT2D eigenvalue weighted by atomic mass is 10.0. The van der Waals surface area contributed by atoms with Crippen LogP contribution in [0.5, 0.6) is 11.6 Å². The van der Waals surface area contributed by atoms with Gasteiger partial charge in [-0.05, 0) is 48.9 Å². The van der Waals surface area contributed by atoms with Gasteiger partial charge in [0.2, 0.25) is 5.88 Å². The molecule has 2 aromatic carbocycles. The van der Waals surface area contributed by atoms with Gasteiger partial charge < -0.3 is 23.9 Å². The average Bonchev–Trinajstić information content (AvgIpc) is 3.67. The molecule has 6 rings (SSSR count). The smallest absolute Gasteiger partial charge is 0.335 e. The highest BCUT2D eigenvalue weighted by Crippen LogP contribution is 2.30. The molecule has 1 unspecified atom stereocenters. The van der Waals surface area contributed by atoms with Crippen LogP contribution in [0.4, 0.5) is 8.78 Å². The van der Waals surface area contributed by atoms with Crippen molar-refractivity contribution in [1.82, 2.24) is 29.3 Å². The van der Waals surface area contributed by atoms with Gasteiger partial charge in [0.05, 0.1) is 53.9 Å². The van der Waals surface area contributed by atoms with E-state index in [9.17, 15) is 9.90 Å². The zero-order valence-corrected chi connectivity index (χ0v) is 26.6. The summed E-state index contributed by atoms with van der Waals surface area (Å²) in [5.41, 5.74) is 3.63. The molecule has 246 valence electrons. The highest BCUT2D eigenvalue weighted by atomic mass is 19.1. The number of hydrogen-bond acceptors (Lipinski definition) is 8. The van der Waals surface area contributed by atoms with Gasteiger partial charge in [0.25, 0.3) is 0 Å². The van der Waals surface area contributed by atoms with Gasteiger partial charge in [-0.3, -0.25) is 9.67 Å². The summed E-state index contributed by atoms with van der Waals surface area (Å²) in [5, 5.41) is 13.7. The number of methoxy groups -OCH3 is 2. The van der Waals surface area contributed by atoms with E-state index in [1.807, 2.05) is 20.2 Å². The number of fused-ring (bicyclic) bond motifs is 1. The SMILES string of the molecule is COc1cc(-c2cnn(C)c2)ncc1COc1cccc(-c2cc(F)c(Cc3nc4ccc(C(=O)O)cc4n3CC(C)OC)cc2F)n1. The van der Waals surface area contributed by atoms with Crippen molar-refractivity contribution in [3.05, 3.63) is 107 Å². The quantitative estimate of drug-likeness (QED) is 0.167. The van der Waals surface area contributed by atoms with E-state index in [0.717, 1.165) is 17.7 Å². The van der Waals surface area contributed by atoms with Gasteiger partial charge >= 0.3 is 5.97 Å². The topological polar surface area (TPSA) is 126 Å². The molecule has 6 aromatic rings. The summed E-state index contributed by atoms with van der Waals surface area (Å²) in [6.07, 6.45) is 4.92. The van der Waals surface area contributed by atoms with E-state index in [1.54, 1.807) is 66.2 Å². The molecule has 0 saturated carbocycles. The highest BCUT2D eigenvalue weighted by molar-refractivity contribution is 5.92. The predicted molar refractivity (Wildman–Crippen MR) is 173 cm³/mol. The largest absolute Gasteiger partial charge is 0.496 e. The van der Waals surface area contributed by atoms with Crippen molar-refractivity contribution in [2.24, 2.45) is 7.05 Å². The van der Waals surface area contributed by atoms with Crippen molar-refractivity contribution in [1.29, 1.82) is 0 Å². The number of carbonyl (C=O) groups is 1. The van der Waals surface area contributed by atoms with Crippen LogP contribution in [0.3, 0.4) is 0 Å². The first-order chi connectivity index (χ1) is 23.1. The molecule has 4 aromatic heterocycles. The second kappa shape index (κ2) is 13.6. The molecule has 11 nitrogen and oxygen atoms in total. The minimum atomic E-state index is -1.08. The first-order valence-electron chi connectivity index (χ1n) is 15.0. The fourth-order valence-corrected chi connectivity index (χ4v) is 5.34. The summed E-state index contributed by atoms with van der Waals surface area (Å²) in [5.74, 6) is -1.19. The maximum atomic E-state index is 15.6. The lowest BCUT2D eigenvalue weighted by molar-refractivity contribution is 0.0697. The Morgan fingerprint density at radius 3 is 2.54 bits per heavy atom. The minimum absolute atomic E-state index is 0.0330. The first kappa shape index (κ1) is 32.3. The van der Waals surface area contributed by atoms with Gasteiger partial charge in [-0.25, -0.2) is 23.5 Å². The molecular formula is C35H32F2N6O5. The number of aryl methyl sites for hydroxylation is 1. The minimum Gasteiger partial charge on any atom is -0.496 e. The molecule has 0 amide bonds. The zero-order valence-electron chi connectivity index (χ0n) is 26.6. The number of ether oxygens (including phenoxy) is 3. The molecule has 0 spiro atoms. The number of benzene rings is 2. The van der Waals surface area contributed by atoms with Crippen LogP contribution in [-0.2, 0) is 31.4 Å². The number of aromatic nitrogens is 6. The summed E-state index contributed by atoms with van der Waals surface area (Å²) in [6, 6.07) is 13.4. The monoisotopic (exact) mass is 654 g/mol. The van der Waals surface area contributed by atoms with Crippen LogP contribution in [0.15, 0.2) is 73.2 Å². The average molecular weight is 655 g/mol. The lowest BCUT2D eigenvalue weighted by Gasteiger charge is -2.15. The van der Waals surface area contributed by atoms with E-state index in [4.69, 9.17) is 14.2 Å². The number of carboxylic acids is 1. The fourth-order valence-electron chi connectivity index (χ4n) is 5.34. The Morgan fingerprint density at radius 2 is 1.81 bits per heavy atom. The molecule has 0 aliphatic carbocycles. The number of nitrogens with zero attached hydrogens (tertiary/aromatic N) is 6. The Labute approximate surface area is 274 Å². The van der Waals surface area contributed by atoms with Crippen molar-refractivity contribution in [3.63, 3.8) is 0 Å². The standard InChI is InChI=1S/C35H32F2N6O5/c1-20(46-3)17-43-31-11-21(35(44)45)8-9-29(31)40-33(43)12-22-10-27(37)25(13-26(22)36)28-6-5-7-34(41-28)48-19-24-15-38-30(14-32(24)47-4)23-16-39-42(2)18-23/h5-11,13-16,18,20H,12,17,19H2,1-4H3,(H,44,45). The van der Waals surface area contributed by atoms with E-state index in [1.165, 1.54) is 12.1 Å². The number of aromatic carboxylic acids is 1. The number of imidazole rings is 1. The number of hydrogen-bond donors (Lipinski definition) is 1. The van der Waals surface area contributed by atoms with Crippen molar-refractivity contribution in [3.8, 4) is 34.1 Å². The summed E-state index contributed by atoms with van der Waals surface area (Å²) < 4.78 is 51.5. The molecule has 1 N–H and O–H groups in total. The molecule has 1 atom stereocenters. The second-order valence-corrected chi connectivity index (χ2v) is 11.2. The van der Waals surface area contributed by atoms with Crippen LogP contribution < -0.4 is 9.47 Å². The third kappa shape index (κ3) is 6.72. The van der Waals surface area contributed by atoms with Crippen molar-refractivity contribution >= 4 is 17.0 Å². The number of pyridine rings is 2. The zero-order chi connectivity index (χ0) is 33.9. The molecule has 0 aliphatic heterocycles. The molecule has 0 fully saturated rings. The molecule has 0 bridgehead atoms. The van der Waals surface area contributed by atoms with E-state index in [-0.39, 0.29) is 47.4 Å². The van der Waals surface area contributed by atoms with Gasteiger partial charge in [0, 0.05) is 61.8 Å². The normalized spacial score (nSPS) is 12.0. The van der Waals surface area contributed by atoms with Gasteiger partial charge in [-0.2, -0.15) is 5.10 Å². The highest BCUT2D eigenvalue weighted by Gasteiger charge is 2.20. The Kier molecular flexibility index (Phi) is 9.13. The number of carboxylic acid groups (broad SMARTS) is 1. The Bertz CT molecular complexity index is 2130. The van der Waals surface area contributed by atoms with Crippen LogP contribution >= 0.6 is 0 Å². The van der Waals surface area contributed by atoms with E-state index in [0.29, 0.717) is 40.4 Å². The van der Waals surface area contributed by atoms with Gasteiger partial charge in [-0.15, -0.1) is 0 Å². The van der Waals surface area contributed by atoms with E-state index >= 15 is 8.78 Å². The second-order valence-electron chi connectivity index (χ2n) is 11.2. The van der Waals surface area contributed by atoms with Crippen LogP contribution in [0.1, 0.15) is 34.2 Å². The molecule has 0 radical (unpaired) electrons. The molecule has 0 aliphatic rings. The Hall–Kier alpha value is -5.69. The predicted octanol–water partition coefficient (Wildman–Crippen LogP) is 6.08. The lowest BCUT2D eigenvalue weighted by Crippen LogP contribution is -2.17. The van der Waals surface area contributed by atoms with Crippen molar-refractivity contribution < 1.29 is 32.9 Å². The molecular weight excluding hydrogens is 622 g/mol. The number of rotatable bonds is 12. The third-order valence-electron chi connectivity index (χ3n) is 7.94. The summed E-state index contributed by atoms with van der Waals surface area (Å²) in [6.45, 7) is 2.26. The van der Waals surface area contributed by atoms with Crippen LogP contribution in [0.25, 0.3) is 33.5 Å². The maximum absolute atomic E-state index is 15.6. The van der Waals surface area contributed by atoms with Crippen molar-refractivity contribution in [2.75, 3.05) is 14.2 Å². The van der Waals surface area contributed by atoms with Crippen LogP contribution in [0, 0.1) is 11.6 Å². The number of halogens is 2. The van der Waals surface area contributed by atoms with Crippen LogP contribution in [-0.4, -0.2) is 60.7 Å².